The van der Waals surface area contributed by atoms with Crippen LogP contribution in [-0.4, -0.2) is 18.0 Å². The maximum Gasteiger partial charge on any atom is 0.270 e. The van der Waals surface area contributed by atoms with Crippen molar-refractivity contribution >= 4 is 34.0 Å². The van der Waals surface area contributed by atoms with Crippen LogP contribution in [0.25, 0.3) is 0 Å². The van der Waals surface area contributed by atoms with E-state index in [-0.39, 0.29) is 5.69 Å². The highest BCUT2D eigenvalue weighted by Gasteiger charge is 2.15. The van der Waals surface area contributed by atoms with Crippen LogP contribution in [0.4, 0.5) is 11.4 Å². The molecule has 0 fully saturated rings. The zero-order valence-corrected chi connectivity index (χ0v) is 13.1. The molecule has 1 aromatic carbocycles. The summed E-state index contributed by atoms with van der Waals surface area (Å²) in [6.07, 6.45) is 0.444. The quantitative estimate of drug-likeness (QED) is 0.434. The van der Waals surface area contributed by atoms with Gasteiger partial charge in [-0.15, -0.1) is 0 Å². The van der Waals surface area contributed by atoms with E-state index in [1.54, 1.807) is 12.1 Å². The van der Waals surface area contributed by atoms with Crippen LogP contribution in [0, 0.1) is 30.9 Å². The van der Waals surface area contributed by atoms with E-state index in [0.29, 0.717) is 18.9 Å². The van der Waals surface area contributed by atoms with Gasteiger partial charge in [0.05, 0.1) is 23.1 Å². The molecule has 0 spiro atoms. The molecule has 0 heterocycles. The van der Waals surface area contributed by atoms with Gasteiger partial charge in [0.25, 0.3) is 5.69 Å². The summed E-state index contributed by atoms with van der Waals surface area (Å²) < 4.78 is 0.838. The minimum absolute atomic E-state index is 0.0953. The molecule has 19 heavy (non-hydrogen) atoms. The molecule has 0 saturated heterocycles. The number of nitriles is 1. The Balaban J connectivity index is 3.01. The first-order chi connectivity index (χ1) is 8.95. The molecule has 1 rings (SSSR count). The Morgan fingerprint density at radius 1 is 1.53 bits per heavy atom. The van der Waals surface area contributed by atoms with E-state index >= 15 is 0 Å². The number of hydrogen-bond donors (Lipinski definition) is 0. The molecule has 0 bridgehead atoms. The second-order valence-electron chi connectivity index (χ2n) is 4.64. The van der Waals surface area contributed by atoms with Crippen LogP contribution in [0.2, 0.25) is 0 Å². The number of rotatable bonds is 6. The number of hydrogen-bond acceptors (Lipinski definition) is 4. The number of halogens is 1. The van der Waals surface area contributed by atoms with Gasteiger partial charge < -0.3 is 4.90 Å². The molecule has 0 N–H and O–H groups in total. The van der Waals surface area contributed by atoms with Gasteiger partial charge in [-0.2, -0.15) is 5.26 Å². The number of anilines is 1. The van der Waals surface area contributed by atoms with Gasteiger partial charge in [-0.05, 0) is 34.6 Å². The standard InChI is InChI=1S/C13H16IN3O2/c1-10(2)9-16(7-3-6-15)13-5-4-11(17(18)19)8-12(13)14/h4-5,8,10H,3,7,9H2,1-2H3. The lowest BCUT2D eigenvalue weighted by Crippen LogP contribution is -2.29. The summed E-state index contributed by atoms with van der Waals surface area (Å²) in [7, 11) is 0. The predicted molar refractivity (Wildman–Crippen MR) is 83.1 cm³/mol. The molecule has 0 aliphatic carbocycles. The molecular formula is C13H16IN3O2. The van der Waals surface area contributed by atoms with Crippen molar-refractivity contribution in [3.8, 4) is 6.07 Å². The van der Waals surface area contributed by atoms with Gasteiger partial charge in [-0.3, -0.25) is 10.1 Å². The van der Waals surface area contributed by atoms with Crippen molar-refractivity contribution in [3.63, 3.8) is 0 Å². The monoisotopic (exact) mass is 373 g/mol. The van der Waals surface area contributed by atoms with Crippen LogP contribution < -0.4 is 4.90 Å². The van der Waals surface area contributed by atoms with E-state index in [0.717, 1.165) is 15.8 Å². The van der Waals surface area contributed by atoms with Crippen LogP contribution in [0.1, 0.15) is 20.3 Å². The first kappa shape index (κ1) is 15.7. The van der Waals surface area contributed by atoms with Crippen molar-refractivity contribution in [1.29, 1.82) is 5.26 Å². The van der Waals surface area contributed by atoms with Gasteiger partial charge in [0, 0.05) is 28.8 Å². The third-order valence-corrected chi connectivity index (χ3v) is 3.43. The summed E-state index contributed by atoms with van der Waals surface area (Å²) in [5.74, 6) is 0.463. The average Bonchev–Trinajstić information content (AvgIpc) is 2.34. The molecule has 6 heteroatoms. The molecule has 5 nitrogen and oxygen atoms in total. The molecule has 0 unspecified atom stereocenters. The maximum absolute atomic E-state index is 10.7. The smallest absolute Gasteiger partial charge is 0.270 e. The van der Waals surface area contributed by atoms with E-state index in [1.807, 2.05) is 0 Å². The zero-order valence-electron chi connectivity index (χ0n) is 11.0. The third kappa shape index (κ3) is 4.67. The minimum atomic E-state index is -0.395. The average molecular weight is 373 g/mol. The summed E-state index contributed by atoms with van der Waals surface area (Å²) in [5.41, 5.74) is 1.05. The normalized spacial score (nSPS) is 10.3. The summed E-state index contributed by atoms with van der Waals surface area (Å²) in [6, 6.07) is 6.98. The number of nitro groups is 1. The lowest BCUT2D eigenvalue weighted by atomic mass is 10.1. The summed E-state index contributed by atoms with van der Waals surface area (Å²) in [5, 5.41) is 19.4. The van der Waals surface area contributed by atoms with Crippen LogP contribution in [0.3, 0.4) is 0 Å². The van der Waals surface area contributed by atoms with Crippen molar-refractivity contribution in [2.75, 3.05) is 18.0 Å². The highest BCUT2D eigenvalue weighted by molar-refractivity contribution is 14.1. The summed E-state index contributed by atoms with van der Waals surface area (Å²) in [4.78, 5) is 12.4. The van der Waals surface area contributed by atoms with Gasteiger partial charge in [0.15, 0.2) is 0 Å². The first-order valence-corrected chi connectivity index (χ1v) is 7.09. The van der Waals surface area contributed by atoms with Crippen molar-refractivity contribution in [2.24, 2.45) is 5.92 Å². The van der Waals surface area contributed by atoms with E-state index < -0.39 is 4.92 Å². The predicted octanol–water partition coefficient (Wildman–Crippen LogP) is 3.58. The fourth-order valence-electron chi connectivity index (χ4n) is 1.80. The number of benzene rings is 1. The van der Waals surface area contributed by atoms with E-state index in [1.165, 1.54) is 6.07 Å². The van der Waals surface area contributed by atoms with Crippen molar-refractivity contribution in [1.82, 2.24) is 0 Å². The van der Waals surface area contributed by atoms with Crippen molar-refractivity contribution in [3.05, 3.63) is 31.9 Å². The van der Waals surface area contributed by atoms with E-state index in [4.69, 9.17) is 5.26 Å². The fourth-order valence-corrected chi connectivity index (χ4v) is 2.64. The first-order valence-electron chi connectivity index (χ1n) is 6.01. The maximum atomic E-state index is 10.7. The van der Waals surface area contributed by atoms with Crippen molar-refractivity contribution < 1.29 is 4.92 Å². The molecule has 0 amide bonds. The fraction of sp³-hybridized carbons (Fsp3) is 0.462. The van der Waals surface area contributed by atoms with Crippen LogP contribution >= 0.6 is 22.6 Å². The van der Waals surface area contributed by atoms with E-state index in [2.05, 4.69) is 47.4 Å². The number of non-ortho nitro benzene ring substituents is 1. The molecule has 0 aliphatic rings. The number of nitrogens with zero attached hydrogens (tertiary/aromatic N) is 3. The molecule has 0 saturated carbocycles. The topological polar surface area (TPSA) is 70.2 Å². The SMILES string of the molecule is CC(C)CN(CCC#N)c1ccc([N+](=O)[O-])cc1I. The Morgan fingerprint density at radius 3 is 2.68 bits per heavy atom. The van der Waals surface area contributed by atoms with Gasteiger partial charge in [0.2, 0.25) is 0 Å². The second-order valence-corrected chi connectivity index (χ2v) is 5.80. The Labute approximate surface area is 126 Å². The Bertz CT molecular complexity index is 497. The third-order valence-electron chi connectivity index (χ3n) is 2.56. The molecule has 0 radical (unpaired) electrons. The Hall–Kier alpha value is -1.36. The van der Waals surface area contributed by atoms with Crippen LogP contribution in [0.15, 0.2) is 18.2 Å². The highest BCUT2D eigenvalue weighted by atomic mass is 127. The second kappa shape index (κ2) is 7.28. The molecule has 1 aromatic rings. The molecule has 102 valence electrons. The lowest BCUT2D eigenvalue weighted by Gasteiger charge is -2.26. The van der Waals surface area contributed by atoms with Crippen molar-refractivity contribution in [2.45, 2.75) is 20.3 Å². The van der Waals surface area contributed by atoms with Gasteiger partial charge in [-0.25, -0.2) is 0 Å². The van der Waals surface area contributed by atoms with E-state index in [9.17, 15) is 10.1 Å². The molecule has 0 aromatic heterocycles. The van der Waals surface area contributed by atoms with Crippen LogP contribution in [0.5, 0.6) is 0 Å². The summed E-state index contributed by atoms with van der Waals surface area (Å²) >= 11 is 2.10. The van der Waals surface area contributed by atoms with Crippen LogP contribution in [-0.2, 0) is 0 Å². The molecular weight excluding hydrogens is 357 g/mol. The summed E-state index contributed by atoms with van der Waals surface area (Å²) in [6.45, 7) is 5.69. The lowest BCUT2D eigenvalue weighted by molar-refractivity contribution is -0.384. The molecule has 0 aliphatic heterocycles. The zero-order chi connectivity index (χ0) is 14.4. The largest absolute Gasteiger partial charge is 0.369 e. The van der Waals surface area contributed by atoms with Gasteiger partial charge in [-0.1, -0.05) is 13.8 Å². The Morgan fingerprint density at radius 2 is 2.21 bits per heavy atom. The Kier molecular flexibility index (Phi) is 6.02. The minimum Gasteiger partial charge on any atom is -0.369 e. The number of nitro benzene ring substituents is 1. The van der Waals surface area contributed by atoms with Gasteiger partial charge in [0.1, 0.15) is 0 Å². The van der Waals surface area contributed by atoms with Gasteiger partial charge >= 0.3 is 0 Å². The molecule has 0 atom stereocenters. The highest BCUT2D eigenvalue weighted by Crippen LogP contribution is 2.27.